The van der Waals surface area contributed by atoms with Crippen LogP contribution in [0.3, 0.4) is 0 Å². The lowest BCUT2D eigenvalue weighted by Crippen LogP contribution is -1.94. The Bertz CT molecular complexity index is 1030. The lowest BCUT2D eigenvalue weighted by Gasteiger charge is -2.14. The van der Waals surface area contributed by atoms with E-state index in [1.54, 1.807) is 36.4 Å². The summed E-state index contributed by atoms with van der Waals surface area (Å²) in [5, 5.41) is 0.733. The van der Waals surface area contributed by atoms with Crippen molar-refractivity contribution in [2.75, 3.05) is 0 Å². The molecule has 0 aliphatic heterocycles. The molecule has 0 N–H and O–H groups in total. The summed E-state index contributed by atoms with van der Waals surface area (Å²) in [6.45, 7) is 0. The van der Waals surface area contributed by atoms with Crippen LogP contribution in [0.4, 0.5) is 0 Å². The van der Waals surface area contributed by atoms with Gasteiger partial charge in [-0.2, -0.15) is 0 Å². The number of hydrogen-bond donors (Lipinski definition) is 0. The van der Waals surface area contributed by atoms with Gasteiger partial charge in [-0.05, 0) is 24.3 Å². The first-order chi connectivity index (χ1) is 13.7. The van der Waals surface area contributed by atoms with E-state index >= 15 is 0 Å². The maximum atomic E-state index is 5.98. The summed E-state index contributed by atoms with van der Waals surface area (Å²) < 4.78 is 12.0. The van der Waals surface area contributed by atoms with E-state index in [1.807, 2.05) is 48.5 Å². The maximum Gasteiger partial charge on any atom is 0.220 e. The summed E-state index contributed by atoms with van der Waals surface area (Å²) in [7, 11) is 0. The summed E-state index contributed by atoms with van der Waals surface area (Å²) in [6.07, 6.45) is 0. The second-order valence-electron chi connectivity index (χ2n) is 5.79. The SMILES string of the molecule is Clc1cccc(Oc2ccccc2-c2ccccc2Oc2cccc(Cl)n2)n1. The molecular formula is C22H14Cl2N2O2. The molecule has 0 aliphatic rings. The Morgan fingerprint density at radius 2 is 0.929 bits per heavy atom. The smallest absolute Gasteiger partial charge is 0.220 e. The fraction of sp³-hybridized carbons (Fsp3) is 0. The zero-order valence-electron chi connectivity index (χ0n) is 14.5. The third kappa shape index (κ3) is 4.25. The number of ether oxygens (including phenoxy) is 2. The van der Waals surface area contributed by atoms with Gasteiger partial charge < -0.3 is 9.47 Å². The molecule has 0 fully saturated rings. The van der Waals surface area contributed by atoms with Crippen LogP contribution >= 0.6 is 23.2 Å². The second-order valence-corrected chi connectivity index (χ2v) is 6.57. The average molecular weight is 409 g/mol. The zero-order chi connectivity index (χ0) is 19.3. The molecule has 0 spiro atoms. The van der Waals surface area contributed by atoms with Crippen LogP contribution in [0, 0.1) is 0 Å². The van der Waals surface area contributed by atoms with Crippen molar-refractivity contribution in [2.24, 2.45) is 0 Å². The first-order valence-corrected chi connectivity index (χ1v) is 9.24. The fourth-order valence-corrected chi connectivity index (χ4v) is 2.99. The van der Waals surface area contributed by atoms with Crippen molar-refractivity contribution in [3.05, 3.63) is 95.2 Å². The van der Waals surface area contributed by atoms with Gasteiger partial charge in [-0.25, -0.2) is 9.97 Å². The van der Waals surface area contributed by atoms with Crippen molar-refractivity contribution in [3.8, 4) is 34.4 Å². The Morgan fingerprint density at radius 1 is 0.500 bits per heavy atom. The second kappa shape index (κ2) is 8.30. The molecule has 28 heavy (non-hydrogen) atoms. The number of para-hydroxylation sites is 2. The summed E-state index contributed by atoms with van der Waals surface area (Å²) >= 11 is 11.9. The van der Waals surface area contributed by atoms with E-state index in [9.17, 15) is 0 Å². The van der Waals surface area contributed by atoms with E-state index in [1.165, 1.54) is 0 Å². The van der Waals surface area contributed by atoms with Gasteiger partial charge in [0.1, 0.15) is 21.8 Å². The molecule has 2 aromatic heterocycles. The number of aromatic nitrogens is 2. The minimum absolute atomic E-state index is 0.366. The summed E-state index contributed by atoms with van der Waals surface area (Å²) in [5.41, 5.74) is 1.70. The highest BCUT2D eigenvalue weighted by Crippen LogP contribution is 2.39. The number of halogens is 2. The minimum atomic E-state index is 0.366. The van der Waals surface area contributed by atoms with Crippen LogP contribution in [0.2, 0.25) is 10.3 Å². The molecule has 2 heterocycles. The molecule has 0 atom stereocenters. The van der Waals surface area contributed by atoms with Crippen molar-refractivity contribution in [1.82, 2.24) is 9.97 Å². The molecule has 4 aromatic rings. The van der Waals surface area contributed by atoms with E-state index < -0.39 is 0 Å². The van der Waals surface area contributed by atoms with Gasteiger partial charge in [0.15, 0.2) is 0 Å². The molecule has 0 bridgehead atoms. The molecule has 4 nitrogen and oxygen atoms in total. The Kier molecular flexibility index (Phi) is 5.42. The van der Waals surface area contributed by atoms with E-state index in [0.717, 1.165) is 11.1 Å². The van der Waals surface area contributed by atoms with Crippen molar-refractivity contribution in [3.63, 3.8) is 0 Å². The van der Waals surface area contributed by atoms with Crippen molar-refractivity contribution >= 4 is 23.2 Å². The Labute approximate surface area is 172 Å². The number of rotatable bonds is 5. The van der Waals surface area contributed by atoms with Crippen LogP contribution in [0.1, 0.15) is 0 Å². The zero-order valence-corrected chi connectivity index (χ0v) is 16.1. The molecule has 0 saturated carbocycles. The van der Waals surface area contributed by atoms with Crippen LogP contribution in [0.5, 0.6) is 23.3 Å². The lowest BCUT2D eigenvalue weighted by molar-refractivity contribution is 0.458. The highest BCUT2D eigenvalue weighted by molar-refractivity contribution is 6.29. The van der Waals surface area contributed by atoms with E-state index in [2.05, 4.69) is 9.97 Å². The van der Waals surface area contributed by atoms with Gasteiger partial charge in [-0.1, -0.05) is 71.7 Å². The lowest BCUT2D eigenvalue weighted by atomic mass is 10.0. The fourth-order valence-electron chi connectivity index (χ4n) is 2.67. The molecule has 0 unspecified atom stereocenters. The topological polar surface area (TPSA) is 44.2 Å². The normalized spacial score (nSPS) is 10.5. The molecule has 4 rings (SSSR count). The number of hydrogen-bond acceptors (Lipinski definition) is 4. The van der Waals surface area contributed by atoms with Crippen LogP contribution in [-0.2, 0) is 0 Å². The summed E-state index contributed by atoms with van der Waals surface area (Å²) in [6, 6.07) is 25.8. The molecule has 0 radical (unpaired) electrons. The van der Waals surface area contributed by atoms with Crippen LogP contribution in [0.25, 0.3) is 11.1 Å². The standard InChI is InChI=1S/C22H14Cl2N2O2/c23-19-11-5-13-21(25-19)27-17-9-3-1-7-15(17)16-8-2-4-10-18(16)28-22-14-6-12-20(24)26-22/h1-14H. The van der Waals surface area contributed by atoms with Gasteiger partial charge in [0.25, 0.3) is 0 Å². The van der Waals surface area contributed by atoms with Gasteiger partial charge in [0.05, 0.1) is 0 Å². The van der Waals surface area contributed by atoms with Crippen LogP contribution in [-0.4, -0.2) is 9.97 Å². The summed E-state index contributed by atoms with van der Waals surface area (Å²) in [4.78, 5) is 8.38. The highest BCUT2D eigenvalue weighted by atomic mass is 35.5. The molecule has 2 aromatic carbocycles. The van der Waals surface area contributed by atoms with Crippen LogP contribution < -0.4 is 9.47 Å². The van der Waals surface area contributed by atoms with E-state index in [4.69, 9.17) is 32.7 Å². The average Bonchev–Trinajstić information content (AvgIpc) is 2.69. The third-order valence-corrected chi connectivity index (χ3v) is 4.29. The number of pyridine rings is 2. The molecule has 6 heteroatoms. The Balaban J connectivity index is 1.72. The Morgan fingerprint density at radius 3 is 1.36 bits per heavy atom. The first-order valence-electron chi connectivity index (χ1n) is 8.48. The maximum absolute atomic E-state index is 5.98. The first kappa shape index (κ1) is 18.3. The molecule has 138 valence electrons. The number of benzene rings is 2. The van der Waals surface area contributed by atoms with Crippen molar-refractivity contribution < 1.29 is 9.47 Å². The van der Waals surface area contributed by atoms with E-state index in [0.29, 0.717) is 33.6 Å². The largest absolute Gasteiger partial charge is 0.438 e. The Hall–Kier alpha value is -3.08. The predicted molar refractivity (Wildman–Crippen MR) is 111 cm³/mol. The quantitative estimate of drug-likeness (QED) is 0.332. The van der Waals surface area contributed by atoms with Gasteiger partial charge in [-0.15, -0.1) is 0 Å². The van der Waals surface area contributed by atoms with E-state index in [-0.39, 0.29) is 0 Å². The number of nitrogens with zero attached hydrogens (tertiary/aromatic N) is 2. The highest BCUT2D eigenvalue weighted by Gasteiger charge is 2.13. The molecule has 0 saturated heterocycles. The predicted octanol–water partition coefficient (Wildman–Crippen LogP) is 7.04. The van der Waals surface area contributed by atoms with Crippen molar-refractivity contribution in [1.29, 1.82) is 0 Å². The van der Waals surface area contributed by atoms with Gasteiger partial charge >= 0.3 is 0 Å². The van der Waals surface area contributed by atoms with Crippen molar-refractivity contribution in [2.45, 2.75) is 0 Å². The van der Waals surface area contributed by atoms with Gasteiger partial charge in [0, 0.05) is 23.3 Å². The third-order valence-electron chi connectivity index (χ3n) is 3.87. The molecular weight excluding hydrogens is 395 g/mol. The minimum Gasteiger partial charge on any atom is -0.438 e. The molecule has 0 amide bonds. The molecule has 0 aliphatic carbocycles. The van der Waals surface area contributed by atoms with Gasteiger partial charge in [0.2, 0.25) is 11.8 Å². The monoisotopic (exact) mass is 408 g/mol. The summed E-state index contributed by atoms with van der Waals surface area (Å²) in [5.74, 6) is 2.09. The van der Waals surface area contributed by atoms with Gasteiger partial charge in [-0.3, -0.25) is 0 Å². The van der Waals surface area contributed by atoms with Crippen LogP contribution in [0.15, 0.2) is 84.9 Å².